The molecule has 3 rings (SSSR count). The summed E-state index contributed by atoms with van der Waals surface area (Å²) in [5.41, 5.74) is 2.06. The van der Waals surface area contributed by atoms with Gasteiger partial charge in [-0.25, -0.2) is 9.37 Å². The fourth-order valence-corrected chi connectivity index (χ4v) is 2.63. The van der Waals surface area contributed by atoms with Gasteiger partial charge in [0, 0.05) is 10.6 Å². The smallest absolute Gasteiger partial charge is 0.207 e. The number of para-hydroxylation sites is 2. The quantitative estimate of drug-likeness (QED) is 0.735. The molecule has 0 aliphatic rings. The van der Waals surface area contributed by atoms with Crippen molar-refractivity contribution in [1.82, 2.24) is 14.9 Å². The third kappa shape index (κ3) is 2.67. The van der Waals surface area contributed by atoms with E-state index >= 15 is 0 Å². The van der Waals surface area contributed by atoms with Crippen LogP contribution in [-0.2, 0) is 17.9 Å². The fraction of sp³-hybridized carbons (Fsp3) is 0.125. The Morgan fingerprint density at radius 2 is 2.05 bits per heavy atom. The molecule has 0 spiro atoms. The summed E-state index contributed by atoms with van der Waals surface area (Å²) < 4.78 is 15.9. The van der Waals surface area contributed by atoms with Crippen molar-refractivity contribution in [2.45, 2.75) is 13.1 Å². The largest absolute Gasteiger partial charge is 0.351 e. The normalized spacial score (nSPS) is 10.8. The van der Waals surface area contributed by atoms with Gasteiger partial charge in [-0.05, 0) is 24.3 Å². The second kappa shape index (κ2) is 6.15. The minimum atomic E-state index is -0.362. The Labute approximate surface area is 131 Å². The molecule has 0 aliphatic heterocycles. The van der Waals surface area contributed by atoms with Crippen molar-refractivity contribution >= 4 is 29.0 Å². The van der Waals surface area contributed by atoms with Crippen LogP contribution in [0, 0.1) is 5.82 Å². The Balaban J connectivity index is 2.10. The SMILES string of the molecule is O=CNCc1nc2ccccc2n1Cc1c(F)cccc1Cl. The Hall–Kier alpha value is -2.40. The molecule has 0 bridgehead atoms. The lowest BCUT2D eigenvalue weighted by Crippen LogP contribution is -2.16. The lowest BCUT2D eigenvalue weighted by Gasteiger charge is -2.11. The van der Waals surface area contributed by atoms with E-state index in [1.54, 1.807) is 12.1 Å². The second-order valence-electron chi connectivity index (χ2n) is 4.80. The number of imidazole rings is 1. The zero-order valence-electron chi connectivity index (χ0n) is 11.6. The topological polar surface area (TPSA) is 46.9 Å². The molecule has 6 heteroatoms. The standard InChI is InChI=1S/C16H13ClFN3O/c17-12-4-3-5-13(18)11(12)9-21-15-7-2-1-6-14(15)20-16(21)8-19-10-22/h1-7,10H,8-9H2,(H,19,22). The van der Waals surface area contributed by atoms with Gasteiger partial charge in [-0.15, -0.1) is 0 Å². The predicted octanol–water partition coefficient (Wildman–Crippen LogP) is 3.12. The molecular weight excluding hydrogens is 305 g/mol. The first kappa shape index (κ1) is 14.5. The maximum atomic E-state index is 14.0. The van der Waals surface area contributed by atoms with E-state index in [4.69, 9.17) is 11.6 Å². The fourth-order valence-electron chi connectivity index (χ4n) is 2.41. The summed E-state index contributed by atoms with van der Waals surface area (Å²) in [4.78, 5) is 15.0. The molecule has 0 aliphatic carbocycles. The van der Waals surface area contributed by atoms with Crippen molar-refractivity contribution in [3.63, 3.8) is 0 Å². The van der Waals surface area contributed by atoms with E-state index in [2.05, 4.69) is 10.3 Å². The van der Waals surface area contributed by atoms with Gasteiger partial charge in [0.05, 0.1) is 24.1 Å². The van der Waals surface area contributed by atoms with E-state index in [0.29, 0.717) is 22.8 Å². The number of fused-ring (bicyclic) bond motifs is 1. The number of hydrogen-bond acceptors (Lipinski definition) is 2. The summed E-state index contributed by atoms with van der Waals surface area (Å²) in [5, 5.41) is 2.96. The van der Waals surface area contributed by atoms with Crippen LogP contribution in [0.1, 0.15) is 11.4 Å². The number of halogens is 2. The predicted molar refractivity (Wildman–Crippen MR) is 83.1 cm³/mol. The Kier molecular flexibility index (Phi) is 4.06. The number of rotatable bonds is 5. The summed E-state index contributed by atoms with van der Waals surface area (Å²) in [6.45, 7) is 0.520. The Morgan fingerprint density at radius 3 is 2.82 bits per heavy atom. The van der Waals surface area contributed by atoms with Gasteiger partial charge in [0.15, 0.2) is 0 Å². The maximum Gasteiger partial charge on any atom is 0.207 e. The summed E-state index contributed by atoms with van der Waals surface area (Å²) in [7, 11) is 0. The molecule has 0 saturated carbocycles. The van der Waals surface area contributed by atoms with Crippen molar-refractivity contribution in [2.75, 3.05) is 0 Å². The summed E-state index contributed by atoms with van der Waals surface area (Å²) in [6.07, 6.45) is 0.611. The molecule has 1 amide bonds. The highest BCUT2D eigenvalue weighted by Gasteiger charge is 2.14. The Bertz CT molecular complexity index is 811. The molecule has 0 saturated heterocycles. The van der Waals surface area contributed by atoms with Crippen molar-refractivity contribution in [3.05, 3.63) is 64.7 Å². The summed E-state index contributed by atoms with van der Waals surface area (Å²) in [6, 6.07) is 12.2. The third-order valence-corrected chi connectivity index (χ3v) is 3.81. The number of aromatic nitrogens is 2. The highest BCUT2D eigenvalue weighted by molar-refractivity contribution is 6.31. The molecule has 0 fully saturated rings. The number of amides is 1. The molecule has 4 nitrogen and oxygen atoms in total. The van der Waals surface area contributed by atoms with Crippen LogP contribution in [0.15, 0.2) is 42.5 Å². The van der Waals surface area contributed by atoms with E-state index in [9.17, 15) is 9.18 Å². The first-order valence-electron chi connectivity index (χ1n) is 6.75. The lowest BCUT2D eigenvalue weighted by atomic mass is 10.2. The average molecular weight is 318 g/mol. The van der Waals surface area contributed by atoms with Gasteiger partial charge in [-0.1, -0.05) is 29.8 Å². The van der Waals surface area contributed by atoms with E-state index in [-0.39, 0.29) is 18.9 Å². The van der Waals surface area contributed by atoms with Crippen molar-refractivity contribution < 1.29 is 9.18 Å². The second-order valence-corrected chi connectivity index (χ2v) is 5.21. The zero-order chi connectivity index (χ0) is 15.5. The molecule has 112 valence electrons. The number of carbonyl (C=O) groups is 1. The van der Waals surface area contributed by atoms with Gasteiger partial charge in [0.25, 0.3) is 0 Å². The van der Waals surface area contributed by atoms with Gasteiger partial charge in [-0.3, -0.25) is 4.79 Å². The van der Waals surface area contributed by atoms with Crippen LogP contribution in [0.5, 0.6) is 0 Å². The number of hydrogen-bond donors (Lipinski definition) is 1. The first-order chi connectivity index (χ1) is 10.7. The van der Waals surface area contributed by atoms with Crippen LogP contribution in [0.3, 0.4) is 0 Å². The molecule has 0 radical (unpaired) electrons. The van der Waals surface area contributed by atoms with Gasteiger partial charge in [0.2, 0.25) is 6.41 Å². The molecule has 3 aromatic rings. The number of nitrogens with one attached hydrogen (secondary N) is 1. The summed E-state index contributed by atoms with van der Waals surface area (Å²) >= 11 is 6.11. The van der Waals surface area contributed by atoms with E-state index in [0.717, 1.165) is 11.0 Å². The van der Waals surface area contributed by atoms with Crippen LogP contribution in [0.2, 0.25) is 5.02 Å². The van der Waals surface area contributed by atoms with Crippen molar-refractivity contribution in [3.8, 4) is 0 Å². The van der Waals surface area contributed by atoms with Gasteiger partial charge in [-0.2, -0.15) is 0 Å². The molecule has 1 heterocycles. The molecule has 0 atom stereocenters. The van der Waals surface area contributed by atoms with Gasteiger partial charge < -0.3 is 9.88 Å². The molecule has 22 heavy (non-hydrogen) atoms. The van der Waals surface area contributed by atoms with Gasteiger partial charge in [0.1, 0.15) is 11.6 Å². The van der Waals surface area contributed by atoms with Crippen LogP contribution in [-0.4, -0.2) is 16.0 Å². The highest BCUT2D eigenvalue weighted by atomic mass is 35.5. The van der Waals surface area contributed by atoms with Crippen molar-refractivity contribution in [1.29, 1.82) is 0 Å². The Morgan fingerprint density at radius 1 is 1.23 bits per heavy atom. The monoisotopic (exact) mass is 317 g/mol. The first-order valence-corrected chi connectivity index (χ1v) is 7.12. The molecular formula is C16H13ClFN3O. The van der Waals surface area contributed by atoms with Crippen molar-refractivity contribution in [2.24, 2.45) is 0 Å². The number of carbonyl (C=O) groups excluding carboxylic acids is 1. The minimum Gasteiger partial charge on any atom is -0.351 e. The zero-order valence-corrected chi connectivity index (χ0v) is 12.3. The third-order valence-electron chi connectivity index (χ3n) is 3.46. The van der Waals surface area contributed by atoms with Crippen LogP contribution in [0.25, 0.3) is 11.0 Å². The number of benzene rings is 2. The minimum absolute atomic E-state index is 0.252. The molecule has 1 N–H and O–H groups in total. The molecule has 1 aromatic heterocycles. The lowest BCUT2D eigenvalue weighted by molar-refractivity contribution is -0.109. The summed E-state index contributed by atoms with van der Waals surface area (Å²) in [5.74, 6) is 0.284. The van der Waals surface area contributed by atoms with E-state index < -0.39 is 0 Å². The molecule has 0 unspecified atom stereocenters. The molecule has 2 aromatic carbocycles. The highest BCUT2D eigenvalue weighted by Crippen LogP contribution is 2.23. The van der Waals surface area contributed by atoms with Crippen LogP contribution >= 0.6 is 11.6 Å². The van der Waals surface area contributed by atoms with Crippen LogP contribution < -0.4 is 5.32 Å². The number of nitrogens with zero attached hydrogens (tertiary/aromatic N) is 2. The average Bonchev–Trinajstić information content (AvgIpc) is 2.86. The van der Waals surface area contributed by atoms with E-state index in [1.807, 2.05) is 28.8 Å². The van der Waals surface area contributed by atoms with Crippen LogP contribution in [0.4, 0.5) is 4.39 Å². The van der Waals surface area contributed by atoms with Gasteiger partial charge >= 0.3 is 0 Å². The maximum absolute atomic E-state index is 14.0. The van der Waals surface area contributed by atoms with E-state index in [1.165, 1.54) is 6.07 Å².